The maximum Gasteiger partial charge on any atom is 0.324 e. The summed E-state index contributed by atoms with van der Waals surface area (Å²) in [6, 6.07) is 0. The Bertz CT molecular complexity index is 312. The minimum Gasteiger partial charge on any atom is -0.480 e. The molecule has 0 aliphatic carbocycles. The van der Waals surface area contributed by atoms with E-state index in [-0.39, 0.29) is 13.0 Å². The first kappa shape index (κ1) is 11.3. The van der Waals surface area contributed by atoms with Gasteiger partial charge in [0.05, 0.1) is 0 Å². The molecule has 1 atom stereocenters. The summed E-state index contributed by atoms with van der Waals surface area (Å²) in [4.78, 5) is 23.3. The van der Waals surface area contributed by atoms with Gasteiger partial charge in [0.2, 0.25) is 6.54 Å². The summed E-state index contributed by atoms with van der Waals surface area (Å²) in [7, 11) is 0. The van der Waals surface area contributed by atoms with Crippen molar-refractivity contribution in [2.75, 3.05) is 19.6 Å². The second-order valence-electron chi connectivity index (χ2n) is 4.78. The van der Waals surface area contributed by atoms with Gasteiger partial charge >= 0.3 is 5.97 Å². The molecule has 0 aromatic carbocycles. The number of carbonyl (C=O) groups is 1. The third kappa shape index (κ3) is 1.77. The van der Waals surface area contributed by atoms with Gasteiger partial charge in [-0.25, -0.2) is 0 Å². The number of fused-ring (bicyclic) bond motifs is 3. The van der Waals surface area contributed by atoms with Crippen molar-refractivity contribution in [3.63, 3.8) is 0 Å². The zero-order valence-electron chi connectivity index (χ0n) is 9.09. The Kier molecular flexibility index (Phi) is 2.84. The molecule has 2 bridgehead atoms. The van der Waals surface area contributed by atoms with Crippen LogP contribution in [-0.2, 0) is 4.79 Å². The smallest absolute Gasteiger partial charge is 0.324 e. The van der Waals surface area contributed by atoms with Crippen molar-refractivity contribution in [2.45, 2.75) is 31.2 Å². The van der Waals surface area contributed by atoms with Gasteiger partial charge in [0, 0.05) is 11.3 Å². The number of piperidine rings is 3. The molecule has 16 heavy (non-hydrogen) atoms. The molecule has 0 aromatic rings. The number of rotatable bonds is 4. The molecule has 0 amide bonds. The molecule has 3 aliphatic rings. The quantitative estimate of drug-likeness (QED) is 0.562. The minimum absolute atomic E-state index is 0.131. The first-order chi connectivity index (χ1) is 7.54. The molecule has 0 saturated carbocycles. The third-order valence-electron chi connectivity index (χ3n) is 3.95. The van der Waals surface area contributed by atoms with E-state index in [9.17, 15) is 20.0 Å². The molecule has 3 rings (SSSR count). The zero-order valence-corrected chi connectivity index (χ0v) is 9.09. The molecule has 90 valence electrons. The van der Waals surface area contributed by atoms with Crippen LogP contribution in [0.25, 0.3) is 0 Å². The Morgan fingerprint density at radius 1 is 1.50 bits per heavy atom. The molecular formula is C10H16N2O4. The molecule has 6 heteroatoms. The second kappa shape index (κ2) is 4.01. The largest absolute Gasteiger partial charge is 0.480 e. The fraction of sp³-hybridized carbons (Fsp3) is 0.900. The van der Waals surface area contributed by atoms with E-state index in [1.165, 1.54) is 0 Å². The Labute approximate surface area is 93.4 Å². The van der Waals surface area contributed by atoms with Gasteiger partial charge in [-0.3, -0.25) is 19.8 Å². The van der Waals surface area contributed by atoms with Gasteiger partial charge in [0.15, 0.2) is 0 Å². The van der Waals surface area contributed by atoms with E-state index in [1.54, 1.807) is 0 Å². The Morgan fingerprint density at radius 3 is 2.50 bits per heavy atom. The van der Waals surface area contributed by atoms with E-state index < -0.39 is 16.4 Å². The lowest BCUT2D eigenvalue weighted by molar-refractivity contribution is -0.482. The molecule has 1 unspecified atom stereocenters. The maximum absolute atomic E-state index is 11.4. The molecule has 6 nitrogen and oxygen atoms in total. The van der Waals surface area contributed by atoms with Crippen LogP contribution in [-0.4, -0.2) is 46.1 Å². The number of hydrogen-bond donors (Lipinski definition) is 1. The minimum atomic E-state index is -0.964. The highest BCUT2D eigenvalue weighted by Crippen LogP contribution is 2.41. The van der Waals surface area contributed by atoms with Crippen molar-refractivity contribution < 1.29 is 14.8 Å². The van der Waals surface area contributed by atoms with Gasteiger partial charge in [-0.05, 0) is 38.3 Å². The summed E-state index contributed by atoms with van der Waals surface area (Å²) in [6.07, 6.45) is 2.78. The van der Waals surface area contributed by atoms with E-state index >= 15 is 0 Å². The normalized spacial score (nSPS) is 37.2. The fourth-order valence-electron chi connectivity index (χ4n) is 3.04. The van der Waals surface area contributed by atoms with E-state index in [4.69, 9.17) is 0 Å². The summed E-state index contributed by atoms with van der Waals surface area (Å²) in [6.45, 7) is 1.29. The SMILES string of the molecule is O=C(O)C1(CC[N+](=O)[O-])CC2CCN1CC2. The Hall–Kier alpha value is -1.17. The maximum atomic E-state index is 11.4. The van der Waals surface area contributed by atoms with E-state index in [0.717, 1.165) is 25.9 Å². The highest BCUT2D eigenvalue weighted by Gasteiger charge is 2.51. The van der Waals surface area contributed by atoms with Crippen LogP contribution in [0.5, 0.6) is 0 Å². The van der Waals surface area contributed by atoms with E-state index in [1.807, 2.05) is 4.90 Å². The number of carboxylic acid groups (broad SMARTS) is 1. The fourth-order valence-corrected chi connectivity index (χ4v) is 3.04. The lowest BCUT2D eigenvalue weighted by Crippen LogP contribution is -2.63. The van der Waals surface area contributed by atoms with Gasteiger partial charge in [-0.1, -0.05) is 0 Å². The summed E-state index contributed by atoms with van der Waals surface area (Å²) in [5.41, 5.74) is -0.964. The van der Waals surface area contributed by atoms with Gasteiger partial charge < -0.3 is 5.11 Å². The highest BCUT2D eigenvalue weighted by molar-refractivity contribution is 5.79. The topological polar surface area (TPSA) is 83.7 Å². The molecule has 3 aliphatic heterocycles. The second-order valence-corrected chi connectivity index (χ2v) is 4.78. The van der Waals surface area contributed by atoms with Gasteiger partial charge in [-0.15, -0.1) is 0 Å². The molecule has 0 radical (unpaired) electrons. The van der Waals surface area contributed by atoms with Gasteiger partial charge in [-0.2, -0.15) is 0 Å². The van der Waals surface area contributed by atoms with Crippen molar-refractivity contribution in [1.29, 1.82) is 0 Å². The standard InChI is InChI=1S/C10H16N2O4/c13-9(14)10(3-6-12(15)16)7-8-1-4-11(10)5-2-8/h8H,1-7H2,(H,13,14). The van der Waals surface area contributed by atoms with Crippen LogP contribution in [0.4, 0.5) is 0 Å². The summed E-state index contributed by atoms with van der Waals surface area (Å²) >= 11 is 0. The molecule has 3 saturated heterocycles. The molecule has 3 fully saturated rings. The Morgan fingerprint density at radius 2 is 2.12 bits per heavy atom. The van der Waals surface area contributed by atoms with Gasteiger partial charge in [0.1, 0.15) is 5.54 Å². The highest BCUT2D eigenvalue weighted by atomic mass is 16.6. The average Bonchev–Trinajstić information content (AvgIpc) is 2.27. The van der Waals surface area contributed by atoms with Crippen LogP contribution in [0.2, 0.25) is 0 Å². The van der Waals surface area contributed by atoms with Crippen LogP contribution in [0.3, 0.4) is 0 Å². The van der Waals surface area contributed by atoms with E-state index in [2.05, 4.69) is 0 Å². The van der Waals surface area contributed by atoms with Crippen LogP contribution in [0.15, 0.2) is 0 Å². The predicted octanol–water partition coefficient (Wildman–Crippen LogP) is 0.592. The summed E-state index contributed by atoms with van der Waals surface area (Å²) < 4.78 is 0. The van der Waals surface area contributed by atoms with Crippen LogP contribution >= 0.6 is 0 Å². The average molecular weight is 228 g/mol. The number of carboxylic acids is 1. The third-order valence-corrected chi connectivity index (χ3v) is 3.95. The van der Waals surface area contributed by atoms with Crippen molar-refractivity contribution in [2.24, 2.45) is 5.92 Å². The molecule has 0 spiro atoms. The molecular weight excluding hydrogens is 212 g/mol. The number of hydrogen-bond acceptors (Lipinski definition) is 4. The zero-order chi connectivity index (χ0) is 11.8. The van der Waals surface area contributed by atoms with Crippen molar-refractivity contribution in [3.8, 4) is 0 Å². The van der Waals surface area contributed by atoms with Crippen LogP contribution < -0.4 is 0 Å². The number of nitrogens with zero attached hydrogens (tertiary/aromatic N) is 2. The van der Waals surface area contributed by atoms with Crippen LogP contribution in [0, 0.1) is 16.0 Å². The molecule has 0 aromatic heterocycles. The monoisotopic (exact) mass is 228 g/mol. The van der Waals surface area contributed by atoms with Gasteiger partial charge in [0.25, 0.3) is 0 Å². The lowest BCUT2D eigenvalue weighted by Gasteiger charge is -2.51. The van der Waals surface area contributed by atoms with Crippen LogP contribution in [0.1, 0.15) is 25.7 Å². The van der Waals surface area contributed by atoms with Crippen molar-refractivity contribution >= 4 is 5.97 Å². The first-order valence-electron chi connectivity index (χ1n) is 5.65. The number of aliphatic carboxylic acids is 1. The Balaban J connectivity index is 2.15. The molecule has 3 heterocycles. The summed E-state index contributed by atoms with van der Waals surface area (Å²) in [5, 5.41) is 19.8. The van der Waals surface area contributed by atoms with Crippen molar-refractivity contribution in [3.05, 3.63) is 10.1 Å². The molecule has 1 N–H and O–H groups in total. The number of nitro groups is 1. The lowest BCUT2D eigenvalue weighted by atomic mass is 9.73. The first-order valence-corrected chi connectivity index (χ1v) is 5.65. The summed E-state index contributed by atoms with van der Waals surface area (Å²) in [5.74, 6) is -0.452. The van der Waals surface area contributed by atoms with E-state index in [0.29, 0.717) is 12.3 Å². The van der Waals surface area contributed by atoms with Crippen molar-refractivity contribution in [1.82, 2.24) is 4.90 Å². The predicted molar refractivity (Wildman–Crippen MR) is 55.8 cm³/mol.